The van der Waals surface area contributed by atoms with E-state index in [1.54, 1.807) is 0 Å². The van der Waals surface area contributed by atoms with Gasteiger partial charge in [-0.2, -0.15) is 0 Å². The summed E-state index contributed by atoms with van der Waals surface area (Å²) in [5, 5.41) is 3.93. The van der Waals surface area contributed by atoms with E-state index in [1.165, 1.54) is 135 Å². The van der Waals surface area contributed by atoms with Crippen LogP contribution in [-0.4, -0.2) is 6.85 Å². The fourth-order valence-electron chi connectivity index (χ4n) is 12.1. The number of benzene rings is 7. The van der Waals surface area contributed by atoms with Crippen LogP contribution in [-0.2, 0) is 21.7 Å². The van der Waals surface area contributed by atoms with E-state index in [-0.39, 0.29) is 28.5 Å². The highest BCUT2D eigenvalue weighted by Crippen LogP contribution is 2.56. The molecule has 12 rings (SSSR count). The van der Waals surface area contributed by atoms with Gasteiger partial charge in [0.1, 0.15) is 0 Å². The summed E-state index contributed by atoms with van der Waals surface area (Å²) in [5.74, 6) is 0. The van der Waals surface area contributed by atoms with E-state index in [4.69, 9.17) is 0 Å². The first-order chi connectivity index (χ1) is 30.1. The third kappa shape index (κ3) is 5.62. The molecule has 0 atom stereocenters. The van der Waals surface area contributed by atoms with Gasteiger partial charge >= 0.3 is 6.85 Å². The molecule has 4 aliphatic rings. The first kappa shape index (κ1) is 39.0. The molecule has 0 spiro atoms. The first-order valence-corrected chi connectivity index (χ1v) is 24.1. The number of fused-ring (bicyclic) bond motifs is 10. The van der Waals surface area contributed by atoms with E-state index in [0.29, 0.717) is 0 Å². The Labute approximate surface area is 378 Å². The fourth-order valence-corrected chi connectivity index (χ4v) is 13.4. The minimum Gasteiger partial charge on any atom is -0.375 e. The molecule has 0 saturated heterocycles. The quantitative estimate of drug-likeness (QED) is 0.164. The number of hydrogen-bond acceptors (Lipinski definition) is 3. The minimum absolute atomic E-state index is 0.0458. The van der Waals surface area contributed by atoms with Gasteiger partial charge in [-0.3, -0.25) is 0 Å². The summed E-state index contributed by atoms with van der Waals surface area (Å²) < 4.78 is 2.81. The van der Waals surface area contributed by atoms with Gasteiger partial charge in [0.05, 0.1) is 5.69 Å². The molecule has 1 aromatic heterocycles. The molecule has 0 saturated carbocycles. The average Bonchev–Trinajstić information content (AvgIpc) is 3.65. The Morgan fingerprint density at radius 1 is 0.492 bits per heavy atom. The number of aryl methyl sites for hydroxylation is 1. The molecule has 4 heteroatoms. The second-order valence-electron chi connectivity index (χ2n) is 21.9. The van der Waals surface area contributed by atoms with Gasteiger partial charge in [0.15, 0.2) is 0 Å². The Morgan fingerprint density at radius 3 is 1.76 bits per heavy atom. The molecule has 0 radical (unpaired) electrons. The lowest BCUT2D eigenvalue weighted by Gasteiger charge is -2.46. The third-order valence-corrected chi connectivity index (χ3v) is 17.2. The minimum atomic E-state index is -0.0458. The lowest BCUT2D eigenvalue weighted by molar-refractivity contribution is 0.332. The van der Waals surface area contributed by atoms with Gasteiger partial charge in [0.25, 0.3) is 0 Å². The number of thiophene rings is 1. The third-order valence-electron chi connectivity index (χ3n) is 16.0. The number of rotatable bonds is 3. The maximum absolute atomic E-state index is 2.76. The highest BCUT2D eigenvalue weighted by molar-refractivity contribution is 7.32. The molecule has 3 heterocycles. The van der Waals surface area contributed by atoms with Crippen molar-refractivity contribution in [2.75, 3.05) is 9.71 Å². The standard InChI is InChI=1S/C59H57BN2S/c1-36-30-45-47(58(6,7)28-26-56(45,2)3)34-49(36)61-50-32-39(37-18-12-10-13-19-37)31-43-42-25-24-38-20-16-17-23-41(38)53(42)62(40-21-14-11-15-22-40)60(52(43)50)55-54(61)44-33-46-48(35-51(44)63-55)59(8,9)29-27-57(46,4)5/h10-25,30-35H,26-29H2,1-9H3. The summed E-state index contributed by atoms with van der Waals surface area (Å²) in [6, 6.07) is 51.7. The van der Waals surface area contributed by atoms with Crippen LogP contribution < -0.4 is 20.0 Å². The van der Waals surface area contributed by atoms with Crippen molar-refractivity contribution >= 4 is 77.7 Å². The maximum atomic E-state index is 2.76. The summed E-state index contributed by atoms with van der Waals surface area (Å²) in [6.45, 7) is 22.1. The largest absolute Gasteiger partial charge is 0.375 e. The lowest BCUT2D eigenvalue weighted by atomic mass is 9.46. The van der Waals surface area contributed by atoms with Crippen LogP contribution in [0.1, 0.15) is 109 Å². The van der Waals surface area contributed by atoms with E-state index in [0.717, 1.165) is 0 Å². The summed E-state index contributed by atoms with van der Waals surface area (Å²) >= 11 is 2.04. The summed E-state index contributed by atoms with van der Waals surface area (Å²) in [4.78, 5) is 5.47. The smallest absolute Gasteiger partial charge is 0.343 e. The van der Waals surface area contributed by atoms with Crippen molar-refractivity contribution in [1.29, 1.82) is 0 Å². The average molecular weight is 837 g/mol. The first-order valence-electron chi connectivity index (χ1n) is 23.3. The summed E-state index contributed by atoms with van der Waals surface area (Å²) in [7, 11) is 0. The van der Waals surface area contributed by atoms with Crippen LogP contribution in [0.3, 0.4) is 0 Å². The van der Waals surface area contributed by atoms with Gasteiger partial charge < -0.3 is 9.71 Å². The van der Waals surface area contributed by atoms with Crippen molar-refractivity contribution in [2.45, 2.75) is 110 Å². The zero-order valence-corrected chi connectivity index (χ0v) is 39.2. The number of anilines is 5. The zero-order chi connectivity index (χ0) is 43.4. The lowest BCUT2D eigenvalue weighted by Crippen LogP contribution is -2.60. The van der Waals surface area contributed by atoms with Crippen molar-refractivity contribution in [3.05, 3.63) is 161 Å². The van der Waals surface area contributed by atoms with Crippen LogP contribution in [0.15, 0.2) is 133 Å². The van der Waals surface area contributed by atoms with Crippen LogP contribution in [0.5, 0.6) is 0 Å². The normalized spacial score (nSPS) is 18.4. The van der Waals surface area contributed by atoms with Gasteiger partial charge in [-0.25, -0.2) is 0 Å². The van der Waals surface area contributed by atoms with Gasteiger partial charge in [0.2, 0.25) is 0 Å². The number of para-hydroxylation sites is 1. The van der Waals surface area contributed by atoms with E-state index in [9.17, 15) is 0 Å². The highest BCUT2D eigenvalue weighted by atomic mass is 32.1. The molecule has 0 bridgehead atoms. The molecule has 0 unspecified atom stereocenters. The topological polar surface area (TPSA) is 6.48 Å². The van der Waals surface area contributed by atoms with E-state index >= 15 is 0 Å². The van der Waals surface area contributed by atoms with Gasteiger partial charge in [-0.15, -0.1) is 11.3 Å². The molecule has 0 N–H and O–H groups in total. The van der Waals surface area contributed by atoms with E-state index < -0.39 is 0 Å². The Kier molecular flexibility index (Phi) is 8.21. The molecule has 7 aromatic carbocycles. The Balaban J connectivity index is 1.27. The van der Waals surface area contributed by atoms with Crippen LogP contribution in [0, 0.1) is 6.92 Å². The molecule has 0 amide bonds. The van der Waals surface area contributed by atoms with Crippen molar-refractivity contribution < 1.29 is 0 Å². The molecule has 2 aliphatic heterocycles. The molecule has 2 nitrogen and oxygen atoms in total. The molecule has 312 valence electrons. The zero-order valence-electron chi connectivity index (χ0n) is 38.4. The van der Waals surface area contributed by atoms with Gasteiger partial charge in [-0.05, 0) is 152 Å². The summed E-state index contributed by atoms with van der Waals surface area (Å²) in [6.07, 6.45) is 4.76. The van der Waals surface area contributed by atoms with Crippen molar-refractivity contribution in [1.82, 2.24) is 0 Å². The second-order valence-corrected chi connectivity index (χ2v) is 23.0. The Bertz CT molecular complexity index is 3210. The molecule has 63 heavy (non-hydrogen) atoms. The molecule has 8 aromatic rings. The van der Waals surface area contributed by atoms with Gasteiger partial charge in [-0.1, -0.05) is 146 Å². The number of nitrogens with zero attached hydrogens (tertiary/aromatic N) is 2. The monoisotopic (exact) mass is 836 g/mol. The van der Waals surface area contributed by atoms with Gasteiger partial charge in [0, 0.05) is 48.6 Å². The van der Waals surface area contributed by atoms with E-state index in [1.807, 2.05) is 11.3 Å². The Hall–Kier alpha value is -5.58. The molecular weight excluding hydrogens is 780 g/mol. The van der Waals surface area contributed by atoms with Crippen LogP contribution in [0.4, 0.5) is 28.4 Å². The molecule has 2 aliphatic carbocycles. The Morgan fingerprint density at radius 2 is 1.08 bits per heavy atom. The van der Waals surface area contributed by atoms with Crippen LogP contribution >= 0.6 is 11.3 Å². The second kappa shape index (κ2) is 13.2. The van der Waals surface area contributed by atoms with E-state index in [2.05, 4.69) is 205 Å². The van der Waals surface area contributed by atoms with Crippen molar-refractivity contribution in [3.63, 3.8) is 0 Å². The van der Waals surface area contributed by atoms with Crippen LogP contribution in [0.25, 0.3) is 43.1 Å². The summed E-state index contributed by atoms with van der Waals surface area (Å²) in [5.41, 5.74) is 20.7. The SMILES string of the molecule is Cc1cc2c(cc1N1c3cc(-c4ccccc4)cc4c3B(c3sc5cc6c(cc5c31)C(C)(C)CCC6(C)C)N(c1ccccc1)c1c-4ccc3ccccc13)C(C)(C)CCC2(C)C. The molecule has 0 fully saturated rings. The number of hydrogen-bond donors (Lipinski definition) is 0. The molecular formula is C59H57BN2S. The van der Waals surface area contributed by atoms with Crippen LogP contribution in [0.2, 0.25) is 0 Å². The fraction of sp³-hybridized carbons (Fsp3) is 0.288. The van der Waals surface area contributed by atoms with Crippen molar-refractivity contribution in [2.24, 2.45) is 0 Å². The van der Waals surface area contributed by atoms with Crippen molar-refractivity contribution in [3.8, 4) is 22.3 Å². The maximum Gasteiger partial charge on any atom is 0.343 e. The highest BCUT2D eigenvalue weighted by Gasteiger charge is 2.49. The predicted octanol–water partition coefficient (Wildman–Crippen LogP) is 15.4. The predicted molar refractivity (Wildman–Crippen MR) is 274 cm³/mol.